The van der Waals surface area contributed by atoms with E-state index in [-0.39, 0.29) is 0 Å². The van der Waals surface area contributed by atoms with E-state index in [9.17, 15) is 0 Å². The van der Waals surface area contributed by atoms with Gasteiger partial charge in [0.1, 0.15) is 8.07 Å². The lowest BCUT2D eigenvalue weighted by molar-refractivity contribution is 0.465. The van der Waals surface area contributed by atoms with E-state index in [2.05, 4.69) is 31.0 Å². The topological polar surface area (TPSA) is 0 Å². The van der Waals surface area contributed by atoms with Crippen LogP contribution in [0.4, 0.5) is 0 Å². The average Bonchev–Trinajstić information content (AvgIpc) is 2.40. The highest BCUT2D eigenvalue weighted by atomic mass is 28.3. The molecule has 0 saturated heterocycles. The third kappa shape index (κ3) is 5.03. The molecule has 0 amide bonds. The number of hydrogen-bond acceptors (Lipinski definition) is 0. The molecule has 0 N–H and O–H groups in total. The van der Waals surface area contributed by atoms with Crippen LogP contribution >= 0.6 is 0 Å². The first kappa shape index (κ1) is 15.2. The van der Waals surface area contributed by atoms with Crippen molar-refractivity contribution in [1.82, 2.24) is 0 Å². The molecule has 0 aromatic carbocycles. The zero-order valence-corrected chi connectivity index (χ0v) is 14.3. The molecule has 0 aromatic heterocycles. The molecule has 0 bridgehead atoms. The minimum Gasteiger partial charge on any atom is -0.162 e. The van der Waals surface area contributed by atoms with Gasteiger partial charge in [-0.1, -0.05) is 83.8 Å². The number of hydrogen-bond donors (Lipinski definition) is 0. The summed E-state index contributed by atoms with van der Waals surface area (Å²) < 4.78 is 0. The maximum absolute atomic E-state index is 3.81. The van der Waals surface area contributed by atoms with Gasteiger partial charge in [0.2, 0.25) is 6.71 Å². The molecule has 0 aromatic rings. The fraction of sp³-hybridized carbons (Fsp3) is 0.882. The van der Waals surface area contributed by atoms with Crippen molar-refractivity contribution >= 4 is 14.8 Å². The Morgan fingerprint density at radius 2 is 1.16 bits per heavy atom. The van der Waals surface area contributed by atoms with Gasteiger partial charge in [-0.25, -0.2) is 0 Å². The Hall–Kier alpha value is -0.158. The molecule has 0 nitrogen and oxygen atoms in total. The summed E-state index contributed by atoms with van der Waals surface area (Å²) in [6.45, 7) is 7.91. The van der Waals surface area contributed by atoms with Crippen LogP contribution in [0.5, 0.6) is 0 Å². The van der Waals surface area contributed by atoms with Crippen molar-refractivity contribution in [2.24, 2.45) is 0 Å². The van der Waals surface area contributed by atoms with Crippen LogP contribution in [0.3, 0.4) is 0 Å². The van der Waals surface area contributed by atoms with Gasteiger partial charge in [-0.2, -0.15) is 5.82 Å². The minimum atomic E-state index is -1.21. The summed E-state index contributed by atoms with van der Waals surface area (Å²) in [5.74, 6) is 5.67. The van der Waals surface area contributed by atoms with Gasteiger partial charge in [-0.3, -0.25) is 0 Å². The van der Waals surface area contributed by atoms with E-state index in [4.69, 9.17) is 0 Å². The second-order valence-corrected chi connectivity index (χ2v) is 12.6. The molecule has 2 fully saturated rings. The lowest BCUT2D eigenvalue weighted by atomic mass is 9.31. The molecule has 2 saturated carbocycles. The van der Waals surface area contributed by atoms with E-state index in [0.717, 1.165) is 18.3 Å². The van der Waals surface area contributed by atoms with Crippen LogP contribution in [0.25, 0.3) is 0 Å². The standard InChI is InChI=1S/C17H31BSi/c1-19(2,3)15-14-18(16-10-6-4-7-11-16)17-12-8-5-9-13-17/h16-17H,4-13H2,1-3H3. The normalized spacial score (nSPS) is 22.7. The van der Waals surface area contributed by atoms with Gasteiger partial charge in [0.25, 0.3) is 0 Å². The van der Waals surface area contributed by atoms with E-state index in [1.807, 2.05) is 0 Å². The van der Waals surface area contributed by atoms with Crippen molar-refractivity contribution in [3.05, 3.63) is 0 Å². The maximum atomic E-state index is 3.81. The highest BCUT2D eigenvalue weighted by molar-refractivity contribution is 6.85. The van der Waals surface area contributed by atoms with E-state index in [0.29, 0.717) is 0 Å². The van der Waals surface area contributed by atoms with Crippen molar-refractivity contribution in [3.63, 3.8) is 0 Å². The highest BCUT2D eigenvalue weighted by Crippen LogP contribution is 2.41. The van der Waals surface area contributed by atoms with Gasteiger partial charge in [-0.05, 0) is 11.6 Å². The summed E-state index contributed by atoms with van der Waals surface area (Å²) in [5, 5.41) is 0. The molecule has 0 unspecified atom stereocenters. The van der Waals surface area contributed by atoms with E-state index < -0.39 is 8.07 Å². The Kier molecular flexibility index (Phi) is 5.63. The molecule has 19 heavy (non-hydrogen) atoms. The Morgan fingerprint density at radius 3 is 1.53 bits per heavy atom. The average molecular weight is 274 g/mol. The van der Waals surface area contributed by atoms with Gasteiger partial charge in [0, 0.05) is 0 Å². The first-order valence-electron chi connectivity index (χ1n) is 8.59. The quantitative estimate of drug-likeness (QED) is 0.456. The zero-order valence-electron chi connectivity index (χ0n) is 13.3. The van der Waals surface area contributed by atoms with Crippen molar-refractivity contribution in [1.29, 1.82) is 0 Å². The predicted molar refractivity (Wildman–Crippen MR) is 90.5 cm³/mol. The Bertz CT molecular complexity index is 303. The predicted octanol–water partition coefficient (Wildman–Crippen LogP) is 5.57. The third-order valence-electron chi connectivity index (χ3n) is 4.93. The monoisotopic (exact) mass is 274 g/mol. The summed E-state index contributed by atoms with van der Waals surface area (Å²) >= 11 is 0. The van der Waals surface area contributed by atoms with E-state index in [1.54, 1.807) is 0 Å². The Balaban J connectivity index is 2.08. The molecule has 0 heterocycles. The van der Waals surface area contributed by atoms with E-state index in [1.165, 1.54) is 64.2 Å². The molecule has 0 radical (unpaired) electrons. The molecular weight excluding hydrogens is 243 g/mol. The summed E-state index contributed by atoms with van der Waals surface area (Å²) in [6.07, 6.45) is 14.6. The van der Waals surface area contributed by atoms with Crippen molar-refractivity contribution < 1.29 is 0 Å². The van der Waals surface area contributed by atoms with E-state index >= 15 is 0 Å². The molecule has 2 rings (SSSR count). The van der Waals surface area contributed by atoms with Crippen LogP contribution in [0.1, 0.15) is 64.2 Å². The molecule has 0 spiro atoms. The lowest BCUT2D eigenvalue weighted by Crippen LogP contribution is -2.30. The number of rotatable bonds is 2. The van der Waals surface area contributed by atoms with Crippen LogP contribution in [0.15, 0.2) is 0 Å². The SMILES string of the molecule is C[Si](C)(C)C#CB(C1CCCCC1)C1CCCCC1. The first-order chi connectivity index (χ1) is 9.06. The molecular formula is C17H31BSi. The van der Waals surface area contributed by atoms with Gasteiger partial charge in [-0.15, -0.1) is 5.54 Å². The Labute approximate surface area is 122 Å². The van der Waals surface area contributed by atoms with Crippen molar-refractivity contribution in [2.45, 2.75) is 95.5 Å². The molecule has 0 atom stereocenters. The fourth-order valence-electron chi connectivity index (χ4n) is 3.91. The molecule has 2 aliphatic carbocycles. The first-order valence-corrected chi connectivity index (χ1v) is 12.1. The molecule has 2 aliphatic rings. The summed E-state index contributed by atoms with van der Waals surface area (Å²) in [7, 11) is -1.21. The maximum Gasteiger partial charge on any atom is 0.236 e. The molecule has 106 valence electrons. The summed E-state index contributed by atoms with van der Waals surface area (Å²) in [4.78, 5) is 0. The highest BCUT2D eigenvalue weighted by Gasteiger charge is 2.33. The Morgan fingerprint density at radius 1 is 0.737 bits per heavy atom. The smallest absolute Gasteiger partial charge is 0.162 e. The fourth-order valence-corrected chi connectivity index (χ4v) is 4.51. The minimum absolute atomic E-state index is 0.743. The lowest BCUT2D eigenvalue weighted by Gasteiger charge is -2.32. The van der Waals surface area contributed by atoms with Gasteiger partial charge >= 0.3 is 0 Å². The van der Waals surface area contributed by atoms with Gasteiger partial charge in [0.15, 0.2) is 0 Å². The summed E-state index contributed by atoms with van der Waals surface area (Å²) in [6, 6.07) is 0. The van der Waals surface area contributed by atoms with Crippen LogP contribution in [0, 0.1) is 11.4 Å². The third-order valence-corrected chi connectivity index (χ3v) is 5.82. The van der Waals surface area contributed by atoms with Crippen LogP contribution in [0.2, 0.25) is 31.3 Å². The van der Waals surface area contributed by atoms with Crippen molar-refractivity contribution in [2.75, 3.05) is 0 Å². The second-order valence-electron chi connectivity index (χ2n) is 7.84. The van der Waals surface area contributed by atoms with Crippen LogP contribution < -0.4 is 0 Å². The van der Waals surface area contributed by atoms with Gasteiger partial charge in [0.05, 0.1) is 0 Å². The zero-order chi connectivity index (χ0) is 13.7. The van der Waals surface area contributed by atoms with Gasteiger partial charge < -0.3 is 0 Å². The van der Waals surface area contributed by atoms with Crippen LogP contribution in [-0.4, -0.2) is 14.8 Å². The second kappa shape index (κ2) is 7.02. The summed E-state index contributed by atoms with van der Waals surface area (Å²) in [5.41, 5.74) is 3.71. The van der Waals surface area contributed by atoms with Crippen molar-refractivity contribution in [3.8, 4) is 11.4 Å². The largest absolute Gasteiger partial charge is 0.236 e. The molecule has 2 heteroatoms. The van der Waals surface area contributed by atoms with Crippen LogP contribution in [-0.2, 0) is 0 Å². The molecule has 0 aliphatic heterocycles.